The molecule has 0 amide bonds. The first-order valence-corrected chi connectivity index (χ1v) is 4.63. The lowest BCUT2D eigenvalue weighted by molar-refractivity contribution is -0.0287. The number of rotatable bonds is 1. The lowest BCUT2D eigenvalue weighted by Gasteiger charge is -2.37. The Kier molecular flexibility index (Phi) is 1.69. The van der Waals surface area contributed by atoms with Gasteiger partial charge in [-0.15, -0.1) is 0 Å². The minimum absolute atomic E-state index is 0.431. The van der Waals surface area contributed by atoms with Crippen molar-refractivity contribution in [1.82, 2.24) is 5.32 Å². The molecule has 2 atom stereocenters. The van der Waals surface area contributed by atoms with Gasteiger partial charge in [0.1, 0.15) is 0 Å². The minimum atomic E-state index is -0.431. The van der Waals surface area contributed by atoms with Gasteiger partial charge in [0.15, 0.2) is 0 Å². The first-order chi connectivity index (χ1) is 5.20. The summed E-state index contributed by atoms with van der Waals surface area (Å²) in [6.07, 6.45) is 3.86. The summed E-state index contributed by atoms with van der Waals surface area (Å²) in [5.41, 5.74) is -0.431. The van der Waals surface area contributed by atoms with E-state index >= 15 is 0 Å². The largest absolute Gasteiger partial charge is 0.389 e. The average molecular weight is 155 g/mol. The molecular formula is C9H17NO. The Morgan fingerprint density at radius 2 is 2.09 bits per heavy atom. The SMILES string of the molecule is CC1(O)CNCCC1C1CC1. The summed E-state index contributed by atoms with van der Waals surface area (Å²) in [4.78, 5) is 0. The van der Waals surface area contributed by atoms with Crippen molar-refractivity contribution in [1.29, 1.82) is 0 Å². The first kappa shape index (κ1) is 7.56. The van der Waals surface area contributed by atoms with Crippen LogP contribution >= 0.6 is 0 Å². The van der Waals surface area contributed by atoms with E-state index in [2.05, 4.69) is 5.32 Å². The van der Waals surface area contributed by atoms with Gasteiger partial charge in [-0.05, 0) is 44.6 Å². The Morgan fingerprint density at radius 3 is 2.64 bits per heavy atom. The second-order valence-corrected chi connectivity index (χ2v) is 4.27. The molecule has 64 valence electrons. The van der Waals surface area contributed by atoms with Crippen LogP contribution in [0, 0.1) is 11.8 Å². The maximum Gasteiger partial charge on any atom is 0.0774 e. The van der Waals surface area contributed by atoms with Crippen molar-refractivity contribution in [3.63, 3.8) is 0 Å². The first-order valence-electron chi connectivity index (χ1n) is 4.63. The van der Waals surface area contributed by atoms with Crippen LogP contribution in [0.4, 0.5) is 0 Å². The molecule has 1 aliphatic carbocycles. The molecule has 0 radical (unpaired) electrons. The van der Waals surface area contributed by atoms with Gasteiger partial charge in [-0.2, -0.15) is 0 Å². The van der Waals surface area contributed by atoms with Crippen LogP contribution in [0.2, 0.25) is 0 Å². The van der Waals surface area contributed by atoms with E-state index in [4.69, 9.17) is 0 Å². The third-order valence-electron chi connectivity index (χ3n) is 3.10. The molecule has 2 rings (SSSR count). The molecule has 1 heterocycles. The highest BCUT2D eigenvalue weighted by molar-refractivity contribution is 4.96. The fourth-order valence-corrected chi connectivity index (χ4v) is 2.28. The quantitative estimate of drug-likeness (QED) is 0.586. The second kappa shape index (κ2) is 2.46. The summed E-state index contributed by atoms with van der Waals surface area (Å²) in [7, 11) is 0. The molecule has 2 aliphatic rings. The molecule has 2 unspecified atom stereocenters. The van der Waals surface area contributed by atoms with Crippen LogP contribution in [0.3, 0.4) is 0 Å². The summed E-state index contributed by atoms with van der Waals surface area (Å²) in [5.74, 6) is 1.41. The highest BCUT2D eigenvalue weighted by Crippen LogP contribution is 2.44. The van der Waals surface area contributed by atoms with E-state index in [1.807, 2.05) is 6.92 Å². The third kappa shape index (κ3) is 1.42. The van der Waals surface area contributed by atoms with Crippen molar-refractivity contribution in [2.45, 2.75) is 31.8 Å². The lowest BCUT2D eigenvalue weighted by atomic mass is 9.80. The van der Waals surface area contributed by atoms with Crippen LogP contribution < -0.4 is 5.32 Å². The van der Waals surface area contributed by atoms with Gasteiger partial charge >= 0.3 is 0 Å². The molecule has 2 nitrogen and oxygen atoms in total. The van der Waals surface area contributed by atoms with Crippen LogP contribution in [0.1, 0.15) is 26.2 Å². The molecule has 0 aromatic rings. The highest BCUT2D eigenvalue weighted by atomic mass is 16.3. The average Bonchev–Trinajstić information content (AvgIpc) is 2.69. The van der Waals surface area contributed by atoms with Crippen molar-refractivity contribution < 1.29 is 5.11 Å². The predicted octanol–water partition coefficient (Wildman–Crippen LogP) is 0.757. The van der Waals surface area contributed by atoms with Crippen molar-refractivity contribution in [3.05, 3.63) is 0 Å². The summed E-state index contributed by atoms with van der Waals surface area (Å²) in [6.45, 7) is 3.85. The topological polar surface area (TPSA) is 32.3 Å². The summed E-state index contributed by atoms with van der Waals surface area (Å²) < 4.78 is 0. The van der Waals surface area contributed by atoms with Crippen molar-refractivity contribution in [2.24, 2.45) is 11.8 Å². The Hall–Kier alpha value is -0.0800. The van der Waals surface area contributed by atoms with E-state index in [0.29, 0.717) is 5.92 Å². The van der Waals surface area contributed by atoms with Gasteiger partial charge in [0, 0.05) is 6.54 Å². The Bertz CT molecular complexity index is 152. The van der Waals surface area contributed by atoms with Gasteiger partial charge in [0.2, 0.25) is 0 Å². The monoisotopic (exact) mass is 155 g/mol. The fourth-order valence-electron chi connectivity index (χ4n) is 2.28. The Morgan fingerprint density at radius 1 is 1.36 bits per heavy atom. The van der Waals surface area contributed by atoms with Crippen molar-refractivity contribution in [2.75, 3.05) is 13.1 Å². The molecule has 2 fully saturated rings. The zero-order valence-corrected chi connectivity index (χ0v) is 7.14. The zero-order valence-electron chi connectivity index (χ0n) is 7.14. The molecule has 1 saturated heterocycles. The Balaban J connectivity index is 2.02. The summed E-state index contributed by atoms with van der Waals surface area (Å²) >= 11 is 0. The van der Waals surface area contributed by atoms with Gasteiger partial charge in [-0.3, -0.25) is 0 Å². The zero-order chi connectivity index (χ0) is 7.90. The fraction of sp³-hybridized carbons (Fsp3) is 1.00. The van der Waals surface area contributed by atoms with Crippen LogP contribution in [-0.2, 0) is 0 Å². The van der Waals surface area contributed by atoms with E-state index in [9.17, 15) is 5.11 Å². The van der Waals surface area contributed by atoms with Crippen molar-refractivity contribution >= 4 is 0 Å². The normalized spacial score (nSPS) is 45.8. The maximum absolute atomic E-state index is 9.98. The van der Waals surface area contributed by atoms with Gasteiger partial charge in [0.25, 0.3) is 0 Å². The van der Waals surface area contributed by atoms with Crippen molar-refractivity contribution in [3.8, 4) is 0 Å². The van der Waals surface area contributed by atoms with Crippen LogP contribution in [0.25, 0.3) is 0 Å². The Labute approximate surface area is 68.0 Å². The molecular weight excluding hydrogens is 138 g/mol. The van der Waals surface area contributed by atoms with E-state index in [1.165, 1.54) is 12.8 Å². The molecule has 0 spiro atoms. The number of nitrogens with one attached hydrogen (secondary N) is 1. The molecule has 1 saturated carbocycles. The van der Waals surface area contributed by atoms with E-state index < -0.39 is 5.60 Å². The molecule has 0 aromatic carbocycles. The highest BCUT2D eigenvalue weighted by Gasteiger charge is 2.43. The summed E-state index contributed by atoms with van der Waals surface area (Å²) in [5, 5.41) is 13.2. The standard InChI is InChI=1S/C9H17NO/c1-9(11)6-10-5-4-8(9)7-2-3-7/h7-8,10-11H,2-6H2,1H3. The number of hydrogen-bond donors (Lipinski definition) is 2. The molecule has 11 heavy (non-hydrogen) atoms. The predicted molar refractivity (Wildman–Crippen MR) is 44.3 cm³/mol. The third-order valence-corrected chi connectivity index (χ3v) is 3.10. The number of aliphatic hydroxyl groups is 1. The molecule has 0 bridgehead atoms. The summed E-state index contributed by atoms with van der Waals surface area (Å²) in [6, 6.07) is 0. The minimum Gasteiger partial charge on any atom is -0.389 e. The molecule has 2 heteroatoms. The van der Waals surface area contributed by atoms with Gasteiger partial charge in [0.05, 0.1) is 5.60 Å². The van der Waals surface area contributed by atoms with Crippen LogP contribution in [0.15, 0.2) is 0 Å². The van der Waals surface area contributed by atoms with Gasteiger partial charge < -0.3 is 10.4 Å². The molecule has 1 aliphatic heterocycles. The van der Waals surface area contributed by atoms with Crippen LogP contribution in [-0.4, -0.2) is 23.8 Å². The molecule has 2 N–H and O–H groups in total. The number of hydrogen-bond acceptors (Lipinski definition) is 2. The number of piperidine rings is 1. The van der Waals surface area contributed by atoms with E-state index in [0.717, 1.165) is 25.4 Å². The van der Waals surface area contributed by atoms with E-state index in [-0.39, 0.29) is 0 Å². The van der Waals surface area contributed by atoms with E-state index in [1.54, 1.807) is 0 Å². The number of β-amino-alcohol motifs (C(OH)–C–C–N with tert-alkyl or cyclic N) is 1. The molecule has 0 aromatic heterocycles. The van der Waals surface area contributed by atoms with Gasteiger partial charge in [-0.25, -0.2) is 0 Å². The van der Waals surface area contributed by atoms with Crippen LogP contribution in [0.5, 0.6) is 0 Å². The van der Waals surface area contributed by atoms with Gasteiger partial charge in [-0.1, -0.05) is 0 Å². The maximum atomic E-state index is 9.98. The lowest BCUT2D eigenvalue weighted by Crippen LogP contribution is -2.50. The second-order valence-electron chi connectivity index (χ2n) is 4.27. The smallest absolute Gasteiger partial charge is 0.0774 e.